The van der Waals surface area contributed by atoms with Crippen molar-refractivity contribution in [3.63, 3.8) is 0 Å². The predicted octanol–water partition coefficient (Wildman–Crippen LogP) is 2.70. The fourth-order valence-electron chi connectivity index (χ4n) is 2.21. The molecule has 0 unspecified atom stereocenters. The van der Waals surface area contributed by atoms with Gasteiger partial charge in [-0.1, -0.05) is 6.08 Å². The smallest absolute Gasteiger partial charge is 0.357 e. The highest BCUT2D eigenvalue weighted by molar-refractivity contribution is 9.10. The summed E-state index contributed by atoms with van der Waals surface area (Å²) >= 11 is 3.40. The number of H-pyrrole nitrogens is 2. The summed E-state index contributed by atoms with van der Waals surface area (Å²) in [7, 11) is 0. The van der Waals surface area contributed by atoms with E-state index in [1.54, 1.807) is 12.1 Å². The third-order valence-corrected chi connectivity index (χ3v) is 3.78. The van der Waals surface area contributed by atoms with E-state index in [1.165, 1.54) is 12.2 Å². The average Bonchev–Trinajstić information content (AvgIpc) is 2.55. The van der Waals surface area contributed by atoms with Crippen LogP contribution in [0.25, 0.3) is 12.2 Å². The maximum Gasteiger partial charge on any atom is 0.357 e. The largest absolute Gasteiger partial charge is 0.490 e. The van der Waals surface area contributed by atoms with Gasteiger partial charge in [0.2, 0.25) is 0 Å². The van der Waals surface area contributed by atoms with Gasteiger partial charge in [0, 0.05) is 0 Å². The van der Waals surface area contributed by atoms with Crippen LogP contribution in [0.4, 0.5) is 5.69 Å². The van der Waals surface area contributed by atoms with Gasteiger partial charge in [-0.05, 0) is 53.5 Å². The lowest BCUT2D eigenvalue weighted by atomic mass is 10.1. The van der Waals surface area contributed by atoms with Crippen LogP contribution >= 0.6 is 15.9 Å². The minimum atomic E-state index is -1.07. The lowest BCUT2D eigenvalue weighted by Crippen LogP contribution is -2.25. The number of halogens is 1. The minimum Gasteiger partial charge on any atom is -0.490 e. The van der Waals surface area contributed by atoms with Crippen LogP contribution < -0.4 is 20.7 Å². The minimum absolute atomic E-state index is 0.202. The van der Waals surface area contributed by atoms with Gasteiger partial charge in [0.25, 0.3) is 0 Å². The van der Waals surface area contributed by atoms with E-state index in [2.05, 4.69) is 20.9 Å². The molecule has 138 valence electrons. The Bertz CT molecular complexity index is 963. The van der Waals surface area contributed by atoms with Crippen molar-refractivity contribution in [2.24, 2.45) is 0 Å². The second-order valence-electron chi connectivity index (χ2n) is 4.96. The first-order valence-corrected chi connectivity index (χ1v) is 8.44. The summed E-state index contributed by atoms with van der Waals surface area (Å²) in [6.07, 6.45) is 2.80. The van der Waals surface area contributed by atoms with E-state index in [9.17, 15) is 19.7 Å². The van der Waals surface area contributed by atoms with Gasteiger partial charge in [0.15, 0.2) is 11.5 Å². The van der Waals surface area contributed by atoms with Crippen LogP contribution in [0.15, 0.2) is 26.2 Å². The Hall–Kier alpha value is -2.88. The molecule has 0 aliphatic rings. The third kappa shape index (κ3) is 4.39. The average molecular weight is 426 g/mol. The van der Waals surface area contributed by atoms with Crippen LogP contribution in [0.3, 0.4) is 0 Å². The molecule has 0 saturated carbocycles. The number of nitro groups is 1. The van der Waals surface area contributed by atoms with Crippen molar-refractivity contribution < 1.29 is 14.4 Å². The molecule has 0 fully saturated rings. The number of benzene rings is 1. The molecule has 0 atom stereocenters. The summed E-state index contributed by atoms with van der Waals surface area (Å²) in [5, 5.41) is 11.1. The normalized spacial score (nSPS) is 10.9. The van der Waals surface area contributed by atoms with Gasteiger partial charge < -0.3 is 14.5 Å². The third-order valence-electron chi connectivity index (χ3n) is 3.19. The van der Waals surface area contributed by atoms with Crippen LogP contribution in [0, 0.1) is 10.1 Å². The molecule has 2 aromatic rings. The van der Waals surface area contributed by atoms with Gasteiger partial charge in [0.1, 0.15) is 5.69 Å². The molecule has 0 radical (unpaired) electrons. The number of aromatic amines is 2. The Morgan fingerprint density at radius 3 is 2.46 bits per heavy atom. The molecule has 2 rings (SSSR count). The highest BCUT2D eigenvalue weighted by Crippen LogP contribution is 2.37. The van der Waals surface area contributed by atoms with Crippen LogP contribution in [0.2, 0.25) is 0 Å². The lowest BCUT2D eigenvalue weighted by Gasteiger charge is -2.13. The van der Waals surface area contributed by atoms with E-state index in [-0.39, 0.29) is 5.69 Å². The summed E-state index contributed by atoms with van der Waals surface area (Å²) in [6, 6.07) is 3.41. The molecule has 9 nitrogen and oxygen atoms in total. The summed E-state index contributed by atoms with van der Waals surface area (Å²) in [6.45, 7) is 4.55. The Kier molecular flexibility index (Phi) is 6.34. The highest BCUT2D eigenvalue weighted by atomic mass is 79.9. The van der Waals surface area contributed by atoms with Crippen molar-refractivity contribution in [2.45, 2.75) is 13.8 Å². The van der Waals surface area contributed by atoms with Crippen molar-refractivity contribution >= 4 is 33.8 Å². The fourth-order valence-corrected chi connectivity index (χ4v) is 2.78. The second-order valence-corrected chi connectivity index (χ2v) is 5.81. The molecule has 0 aliphatic carbocycles. The molecule has 10 heteroatoms. The van der Waals surface area contributed by atoms with Crippen molar-refractivity contribution in [1.29, 1.82) is 0 Å². The van der Waals surface area contributed by atoms with E-state index in [0.717, 1.165) is 0 Å². The number of aromatic nitrogens is 2. The molecule has 1 heterocycles. The number of nitrogens with zero attached hydrogens (tertiary/aromatic N) is 1. The van der Waals surface area contributed by atoms with Crippen LogP contribution in [-0.4, -0.2) is 28.1 Å². The number of rotatable bonds is 7. The Morgan fingerprint density at radius 1 is 1.15 bits per heavy atom. The standard InChI is InChI=1S/C16H16BrN3O6/c1-3-25-12-8-9(7-10(17)14(12)26-4-2)5-6-11-13(20(23)24)15(21)19-16(22)18-11/h5-8H,3-4H2,1-2H3,(H2,18,19,21,22)/b6-5-. The predicted molar refractivity (Wildman–Crippen MR) is 99.7 cm³/mol. The molecule has 1 aromatic heterocycles. The number of nitrogens with one attached hydrogen (secondary N) is 2. The summed E-state index contributed by atoms with van der Waals surface area (Å²) in [4.78, 5) is 37.3. The fraction of sp³-hybridized carbons (Fsp3) is 0.250. The van der Waals surface area contributed by atoms with Gasteiger partial charge in [-0.3, -0.25) is 19.9 Å². The Balaban J connectivity index is 2.50. The monoisotopic (exact) mass is 425 g/mol. The van der Waals surface area contributed by atoms with E-state index in [4.69, 9.17) is 9.47 Å². The molecule has 26 heavy (non-hydrogen) atoms. The first kappa shape index (κ1) is 19.4. The van der Waals surface area contributed by atoms with Gasteiger partial charge in [0.05, 0.1) is 22.6 Å². The molecule has 0 bridgehead atoms. The van der Waals surface area contributed by atoms with Crippen molar-refractivity contribution in [3.05, 3.63) is 58.8 Å². The maximum absolute atomic E-state index is 11.6. The summed E-state index contributed by atoms with van der Waals surface area (Å²) < 4.78 is 11.7. The quantitative estimate of drug-likeness (QED) is 0.518. The first-order valence-electron chi connectivity index (χ1n) is 7.65. The summed E-state index contributed by atoms with van der Waals surface area (Å²) in [5.74, 6) is 1.04. The van der Waals surface area contributed by atoms with E-state index in [0.29, 0.717) is 34.7 Å². The zero-order valence-corrected chi connectivity index (χ0v) is 15.6. The van der Waals surface area contributed by atoms with Gasteiger partial charge in [-0.2, -0.15) is 0 Å². The maximum atomic E-state index is 11.6. The van der Waals surface area contributed by atoms with E-state index >= 15 is 0 Å². The Labute approximate surface area is 155 Å². The highest BCUT2D eigenvalue weighted by Gasteiger charge is 2.19. The molecule has 2 N–H and O–H groups in total. The van der Waals surface area contributed by atoms with Crippen LogP contribution in [0.5, 0.6) is 11.5 Å². The molecule has 0 amide bonds. The van der Waals surface area contributed by atoms with Crippen LogP contribution in [-0.2, 0) is 0 Å². The van der Waals surface area contributed by atoms with Gasteiger partial charge >= 0.3 is 16.9 Å². The molecule has 0 spiro atoms. The molecule has 0 saturated heterocycles. The van der Waals surface area contributed by atoms with E-state index < -0.39 is 21.9 Å². The zero-order chi connectivity index (χ0) is 19.3. The number of hydrogen-bond acceptors (Lipinski definition) is 6. The van der Waals surface area contributed by atoms with Crippen LogP contribution in [0.1, 0.15) is 25.1 Å². The van der Waals surface area contributed by atoms with Gasteiger partial charge in [-0.15, -0.1) is 0 Å². The van der Waals surface area contributed by atoms with Gasteiger partial charge in [-0.25, -0.2) is 4.79 Å². The Morgan fingerprint density at radius 2 is 1.85 bits per heavy atom. The van der Waals surface area contributed by atoms with Crippen molar-refractivity contribution in [1.82, 2.24) is 9.97 Å². The first-order chi connectivity index (χ1) is 12.4. The number of ether oxygens (including phenoxy) is 2. The second kappa shape index (κ2) is 8.48. The molecular formula is C16H16BrN3O6. The molecule has 1 aromatic carbocycles. The molecule has 0 aliphatic heterocycles. The topological polar surface area (TPSA) is 127 Å². The summed E-state index contributed by atoms with van der Waals surface area (Å²) in [5.41, 5.74) is -2.22. The van der Waals surface area contributed by atoms with Crippen molar-refractivity contribution in [2.75, 3.05) is 13.2 Å². The number of hydrogen-bond donors (Lipinski definition) is 2. The van der Waals surface area contributed by atoms with Crippen molar-refractivity contribution in [3.8, 4) is 11.5 Å². The molecular weight excluding hydrogens is 410 g/mol. The SMILES string of the molecule is CCOc1cc(/C=C\c2[nH]c(=O)[nH]c(=O)c2[N+](=O)[O-])cc(Br)c1OCC. The lowest BCUT2D eigenvalue weighted by molar-refractivity contribution is -0.386. The van der Waals surface area contributed by atoms with E-state index in [1.807, 2.05) is 18.8 Å². The zero-order valence-electron chi connectivity index (χ0n) is 14.0.